The molecule has 0 radical (unpaired) electrons. The Morgan fingerprint density at radius 2 is 1.76 bits per heavy atom. The van der Waals surface area contributed by atoms with E-state index in [9.17, 15) is 9.59 Å². The molecule has 0 fully saturated rings. The van der Waals surface area contributed by atoms with Gasteiger partial charge in [-0.15, -0.1) is 0 Å². The van der Waals surface area contributed by atoms with Gasteiger partial charge in [0.1, 0.15) is 17.3 Å². The van der Waals surface area contributed by atoms with Gasteiger partial charge in [-0.1, -0.05) is 24.3 Å². The van der Waals surface area contributed by atoms with Gasteiger partial charge in [0.15, 0.2) is 0 Å². The number of aromatic nitrogens is 2. The number of benzene rings is 3. The second kappa shape index (κ2) is 9.56. The molecule has 7 heteroatoms. The van der Waals surface area contributed by atoms with E-state index in [2.05, 4.69) is 10.3 Å². The van der Waals surface area contributed by atoms with Gasteiger partial charge in [-0.2, -0.15) is 0 Å². The number of amides is 1. The number of nitrogens with zero attached hydrogens (tertiary/aromatic N) is 2. The number of carbonyl (C=O) groups excluding carboxylic acids is 1. The first-order valence-corrected chi connectivity index (χ1v) is 10.6. The van der Waals surface area contributed by atoms with Gasteiger partial charge >= 0.3 is 0 Å². The third kappa shape index (κ3) is 4.72. The van der Waals surface area contributed by atoms with Crippen LogP contribution in [0.2, 0.25) is 0 Å². The van der Waals surface area contributed by atoms with Crippen molar-refractivity contribution in [3.05, 3.63) is 82.9 Å². The molecule has 0 saturated carbocycles. The molecule has 0 aliphatic heterocycles. The van der Waals surface area contributed by atoms with E-state index in [1.54, 1.807) is 39.5 Å². The molecule has 1 N–H and O–H groups in total. The smallest absolute Gasteiger partial charge is 0.261 e. The summed E-state index contributed by atoms with van der Waals surface area (Å²) in [5, 5.41) is 3.50. The third-order valence-corrected chi connectivity index (χ3v) is 5.54. The van der Waals surface area contributed by atoms with Crippen LogP contribution >= 0.6 is 0 Å². The van der Waals surface area contributed by atoms with Crippen LogP contribution in [0.1, 0.15) is 12.2 Å². The van der Waals surface area contributed by atoms with Crippen LogP contribution in [0.25, 0.3) is 22.0 Å². The molecular formula is C26H25N3O4. The highest BCUT2D eigenvalue weighted by molar-refractivity contribution is 5.92. The third-order valence-electron chi connectivity index (χ3n) is 5.54. The summed E-state index contributed by atoms with van der Waals surface area (Å²) in [6, 6.07) is 20.3. The van der Waals surface area contributed by atoms with Crippen molar-refractivity contribution < 1.29 is 14.3 Å². The Balaban J connectivity index is 1.50. The van der Waals surface area contributed by atoms with E-state index in [1.807, 2.05) is 48.5 Å². The van der Waals surface area contributed by atoms with Crippen LogP contribution in [0.15, 0.2) is 71.5 Å². The Morgan fingerprint density at radius 1 is 1.00 bits per heavy atom. The molecule has 1 aromatic heterocycles. The van der Waals surface area contributed by atoms with Gasteiger partial charge in [-0.3, -0.25) is 14.2 Å². The van der Waals surface area contributed by atoms with E-state index in [0.29, 0.717) is 34.6 Å². The molecule has 33 heavy (non-hydrogen) atoms. The highest BCUT2D eigenvalue weighted by Crippen LogP contribution is 2.33. The zero-order valence-corrected chi connectivity index (χ0v) is 18.8. The number of fused-ring (bicyclic) bond motifs is 1. The first-order valence-electron chi connectivity index (χ1n) is 10.6. The Kier molecular flexibility index (Phi) is 6.40. The van der Waals surface area contributed by atoms with Crippen molar-refractivity contribution in [3.8, 4) is 22.6 Å². The minimum atomic E-state index is -0.164. The zero-order chi connectivity index (χ0) is 23.4. The van der Waals surface area contributed by atoms with Gasteiger partial charge in [0.2, 0.25) is 5.91 Å². The van der Waals surface area contributed by atoms with Gasteiger partial charge in [0.25, 0.3) is 5.56 Å². The zero-order valence-electron chi connectivity index (χ0n) is 18.8. The minimum absolute atomic E-state index is 0.115. The van der Waals surface area contributed by atoms with E-state index in [0.717, 1.165) is 16.9 Å². The van der Waals surface area contributed by atoms with Gasteiger partial charge < -0.3 is 14.8 Å². The molecule has 7 nitrogen and oxygen atoms in total. The fourth-order valence-corrected chi connectivity index (χ4v) is 3.72. The summed E-state index contributed by atoms with van der Waals surface area (Å²) in [6.45, 7) is 0. The lowest BCUT2D eigenvalue weighted by molar-refractivity contribution is -0.116. The summed E-state index contributed by atoms with van der Waals surface area (Å²) in [5.41, 5.74) is 2.98. The first kappa shape index (κ1) is 22.1. The van der Waals surface area contributed by atoms with E-state index >= 15 is 0 Å². The number of anilines is 1. The molecule has 1 heterocycles. The Labute approximate surface area is 191 Å². The molecule has 0 unspecified atom stereocenters. The van der Waals surface area contributed by atoms with Crippen LogP contribution in [-0.2, 0) is 18.3 Å². The molecule has 0 atom stereocenters. The Bertz CT molecular complexity index is 1360. The number of methoxy groups -OCH3 is 2. The quantitative estimate of drug-likeness (QED) is 0.463. The molecule has 3 aromatic carbocycles. The SMILES string of the molecule is COc1ccc(-c2cc(NC(=O)CCc3nc4ccccc4c(=O)n3C)ccc2OC)cc1. The van der Waals surface area contributed by atoms with Crippen LogP contribution in [0.3, 0.4) is 0 Å². The molecule has 0 spiro atoms. The fourth-order valence-electron chi connectivity index (χ4n) is 3.72. The average molecular weight is 444 g/mol. The number of hydrogen-bond acceptors (Lipinski definition) is 5. The maximum absolute atomic E-state index is 12.7. The highest BCUT2D eigenvalue weighted by atomic mass is 16.5. The predicted molar refractivity (Wildman–Crippen MR) is 129 cm³/mol. The summed E-state index contributed by atoms with van der Waals surface area (Å²) >= 11 is 0. The lowest BCUT2D eigenvalue weighted by Crippen LogP contribution is -2.23. The number of aryl methyl sites for hydroxylation is 1. The molecule has 1 amide bonds. The van der Waals surface area contributed by atoms with Crippen molar-refractivity contribution in [1.82, 2.24) is 9.55 Å². The monoisotopic (exact) mass is 443 g/mol. The molecule has 0 bridgehead atoms. The summed E-state index contributed by atoms with van der Waals surface area (Å²) in [7, 11) is 4.91. The van der Waals surface area contributed by atoms with Gasteiger partial charge in [-0.05, 0) is 48.0 Å². The second-order valence-electron chi connectivity index (χ2n) is 7.60. The van der Waals surface area contributed by atoms with Crippen LogP contribution in [-0.4, -0.2) is 29.7 Å². The maximum Gasteiger partial charge on any atom is 0.261 e. The van der Waals surface area contributed by atoms with Crippen LogP contribution in [0.5, 0.6) is 11.5 Å². The van der Waals surface area contributed by atoms with Crippen molar-refractivity contribution in [3.63, 3.8) is 0 Å². The van der Waals surface area contributed by atoms with Crippen molar-refractivity contribution in [2.75, 3.05) is 19.5 Å². The predicted octanol–water partition coefficient (Wildman–Crippen LogP) is 4.19. The minimum Gasteiger partial charge on any atom is -0.497 e. The van der Waals surface area contributed by atoms with E-state index in [-0.39, 0.29) is 17.9 Å². The number of hydrogen-bond donors (Lipinski definition) is 1. The highest BCUT2D eigenvalue weighted by Gasteiger charge is 2.12. The fraction of sp³-hybridized carbons (Fsp3) is 0.192. The van der Waals surface area contributed by atoms with Crippen LogP contribution in [0.4, 0.5) is 5.69 Å². The molecule has 0 aliphatic carbocycles. The van der Waals surface area contributed by atoms with Gasteiger partial charge in [-0.25, -0.2) is 4.98 Å². The van der Waals surface area contributed by atoms with Crippen LogP contribution < -0.4 is 20.3 Å². The molecular weight excluding hydrogens is 418 g/mol. The lowest BCUT2D eigenvalue weighted by Gasteiger charge is -2.13. The lowest BCUT2D eigenvalue weighted by atomic mass is 10.0. The topological polar surface area (TPSA) is 82.5 Å². The average Bonchev–Trinajstić information content (AvgIpc) is 2.85. The summed E-state index contributed by atoms with van der Waals surface area (Å²) in [6.07, 6.45) is 0.548. The number of rotatable bonds is 7. The van der Waals surface area contributed by atoms with Crippen molar-refractivity contribution in [1.29, 1.82) is 0 Å². The molecule has 0 saturated heterocycles. The summed E-state index contributed by atoms with van der Waals surface area (Å²) in [5.74, 6) is 1.87. The van der Waals surface area contributed by atoms with Crippen molar-refractivity contribution in [2.24, 2.45) is 7.05 Å². The number of nitrogens with one attached hydrogen (secondary N) is 1. The standard InChI is InChI=1S/C26H25N3O4/c1-29-24(28-22-7-5-4-6-20(22)26(29)31)14-15-25(30)27-18-10-13-23(33-3)21(16-18)17-8-11-19(32-2)12-9-17/h4-13,16H,14-15H2,1-3H3,(H,27,30). The molecule has 4 aromatic rings. The normalized spacial score (nSPS) is 10.8. The van der Waals surface area contributed by atoms with E-state index < -0.39 is 0 Å². The Morgan fingerprint density at radius 3 is 2.48 bits per heavy atom. The van der Waals surface area contributed by atoms with Gasteiger partial charge in [0.05, 0.1) is 25.1 Å². The van der Waals surface area contributed by atoms with Crippen molar-refractivity contribution in [2.45, 2.75) is 12.8 Å². The summed E-state index contributed by atoms with van der Waals surface area (Å²) < 4.78 is 12.2. The first-order chi connectivity index (χ1) is 16.0. The molecule has 168 valence electrons. The Hall–Kier alpha value is -4.13. The van der Waals surface area contributed by atoms with Crippen molar-refractivity contribution >= 4 is 22.5 Å². The maximum atomic E-state index is 12.7. The van der Waals surface area contributed by atoms with Gasteiger partial charge in [0, 0.05) is 31.1 Å². The number of ether oxygens (including phenoxy) is 2. The van der Waals surface area contributed by atoms with Crippen LogP contribution in [0, 0.1) is 0 Å². The second-order valence-corrected chi connectivity index (χ2v) is 7.60. The van der Waals surface area contributed by atoms with E-state index in [4.69, 9.17) is 9.47 Å². The molecule has 0 aliphatic rings. The molecule has 4 rings (SSSR count). The number of carbonyl (C=O) groups is 1. The largest absolute Gasteiger partial charge is 0.497 e. The van der Waals surface area contributed by atoms with E-state index in [1.165, 1.54) is 4.57 Å². The number of para-hydroxylation sites is 1. The summed E-state index contributed by atoms with van der Waals surface area (Å²) in [4.78, 5) is 29.8.